The standard InChI is InChI=1S/C11H12BrCl/c1-11(2)4-3-8-9(11)5-7(13)6-10(8)12/h5-6H,3-4H2,1-2H3. The predicted molar refractivity (Wildman–Crippen MR) is 60.5 cm³/mol. The van der Waals surface area contributed by atoms with Crippen LogP contribution >= 0.6 is 27.5 Å². The highest BCUT2D eigenvalue weighted by Crippen LogP contribution is 2.42. The highest BCUT2D eigenvalue weighted by Gasteiger charge is 2.31. The van der Waals surface area contributed by atoms with E-state index < -0.39 is 0 Å². The molecule has 2 rings (SSSR count). The molecule has 1 aromatic carbocycles. The molecule has 0 heterocycles. The first-order valence-electron chi connectivity index (χ1n) is 4.49. The first-order valence-corrected chi connectivity index (χ1v) is 5.66. The molecule has 2 heteroatoms. The van der Waals surface area contributed by atoms with Gasteiger partial charge < -0.3 is 0 Å². The summed E-state index contributed by atoms with van der Waals surface area (Å²) in [5, 5.41) is 0.834. The van der Waals surface area contributed by atoms with Crippen LogP contribution in [-0.2, 0) is 11.8 Å². The van der Waals surface area contributed by atoms with E-state index in [1.54, 1.807) is 0 Å². The Hall–Kier alpha value is -0.0100. The Kier molecular flexibility index (Phi) is 2.20. The van der Waals surface area contributed by atoms with E-state index in [0.29, 0.717) is 5.41 Å². The fourth-order valence-corrected chi connectivity index (χ4v) is 3.04. The van der Waals surface area contributed by atoms with Gasteiger partial charge in [-0.15, -0.1) is 0 Å². The zero-order valence-corrected chi connectivity index (χ0v) is 10.2. The van der Waals surface area contributed by atoms with Gasteiger partial charge in [0.25, 0.3) is 0 Å². The third kappa shape index (κ3) is 1.53. The van der Waals surface area contributed by atoms with E-state index in [1.807, 2.05) is 6.07 Å². The maximum Gasteiger partial charge on any atom is 0.0420 e. The summed E-state index contributed by atoms with van der Waals surface area (Å²) in [5.74, 6) is 0. The number of hydrogen-bond acceptors (Lipinski definition) is 0. The third-order valence-corrected chi connectivity index (χ3v) is 3.82. The van der Waals surface area contributed by atoms with Crippen molar-refractivity contribution in [1.82, 2.24) is 0 Å². The van der Waals surface area contributed by atoms with Crippen molar-refractivity contribution in [1.29, 1.82) is 0 Å². The maximum absolute atomic E-state index is 6.03. The summed E-state index contributed by atoms with van der Waals surface area (Å²) in [6, 6.07) is 4.09. The average Bonchev–Trinajstić information content (AvgIpc) is 2.28. The van der Waals surface area contributed by atoms with Crippen molar-refractivity contribution < 1.29 is 0 Å². The molecule has 70 valence electrons. The Bertz CT molecular complexity index is 355. The summed E-state index contributed by atoms with van der Waals surface area (Å²) in [6.45, 7) is 4.56. The van der Waals surface area contributed by atoms with Crippen molar-refractivity contribution in [2.45, 2.75) is 32.1 Å². The normalized spacial score (nSPS) is 18.8. The van der Waals surface area contributed by atoms with E-state index in [9.17, 15) is 0 Å². The summed E-state index contributed by atoms with van der Waals surface area (Å²) in [7, 11) is 0. The zero-order chi connectivity index (χ0) is 9.64. The van der Waals surface area contributed by atoms with Gasteiger partial charge in [0.05, 0.1) is 0 Å². The Labute approximate surface area is 92.4 Å². The average molecular weight is 260 g/mol. The van der Waals surface area contributed by atoms with Crippen molar-refractivity contribution >= 4 is 27.5 Å². The topological polar surface area (TPSA) is 0 Å². The quantitative estimate of drug-likeness (QED) is 0.651. The Morgan fingerprint density at radius 2 is 2.08 bits per heavy atom. The van der Waals surface area contributed by atoms with Gasteiger partial charge in [-0.1, -0.05) is 41.4 Å². The van der Waals surface area contributed by atoms with Gasteiger partial charge in [-0.25, -0.2) is 0 Å². The summed E-state index contributed by atoms with van der Waals surface area (Å²) in [5.41, 5.74) is 3.14. The highest BCUT2D eigenvalue weighted by molar-refractivity contribution is 9.10. The highest BCUT2D eigenvalue weighted by atomic mass is 79.9. The predicted octanol–water partition coefficient (Wildman–Crippen LogP) is 4.33. The lowest BCUT2D eigenvalue weighted by molar-refractivity contribution is 0.522. The van der Waals surface area contributed by atoms with Crippen molar-refractivity contribution in [2.24, 2.45) is 0 Å². The molecule has 0 radical (unpaired) electrons. The first-order chi connectivity index (χ1) is 6.00. The van der Waals surface area contributed by atoms with Gasteiger partial charge in [-0.2, -0.15) is 0 Å². The SMILES string of the molecule is CC1(C)CCc2c(Br)cc(Cl)cc21. The van der Waals surface area contributed by atoms with E-state index in [2.05, 4.69) is 35.8 Å². The number of halogens is 2. The van der Waals surface area contributed by atoms with E-state index >= 15 is 0 Å². The number of hydrogen-bond donors (Lipinski definition) is 0. The van der Waals surface area contributed by atoms with Crippen LogP contribution < -0.4 is 0 Å². The molecule has 0 aliphatic heterocycles. The molecule has 0 nitrogen and oxygen atoms in total. The van der Waals surface area contributed by atoms with Crippen LogP contribution in [-0.4, -0.2) is 0 Å². The van der Waals surface area contributed by atoms with Gasteiger partial charge in [-0.05, 0) is 41.5 Å². The van der Waals surface area contributed by atoms with Crippen molar-refractivity contribution in [3.8, 4) is 0 Å². The number of fused-ring (bicyclic) bond motifs is 1. The summed E-state index contributed by atoms with van der Waals surface area (Å²) in [6.07, 6.45) is 2.39. The molecule has 0 N–H and O–H groups in total. The minimum atomic E-state index is 0.294. The number of benzene rings is 1. The van der Waals surface area contributed by atoms with Gasteiger partial charge in [0.2, 0.25) is 0 Å². The second-order valence-corrected chi connectivity index (χ2v) is 5.59. The van der Waals surface area contributed by atoms with Crippen LogP contribution in [0.2, 0.25) is 5.02 Å². The summed E-state index contributed by atoms with van der Waals surface area (Å²) < 4.78 is 1.17. The van der Waals surface area contributed by atoms with Crippen LogP contribution in [0.4, 0.5) is 0 Å². The van der Waals surface area contributed by atoms with Crippen LogP contribution in [0.3, 0.4) is 0 Å². The maximum atomic E-state index is 6.03. The number of rotatable bonds is 0. The van der Waals surface area contributed by atoms with Gasteiger partial charge in [0.15, 0.2) is 0 Å². The lowest BCUT2D eigenvalue weighted by Gasteiger charge is -2.19. The molecule has 0 spiro atoms. The van der Waals surface area contributed by atoms with E-state index in [1.165, 1.54) is 28.4 Å². The smallest absolute Gasteiger partial charge is 0.0420 e. The van der Waals surface area contributed by atoms with Crippen LogP contribution in [0, 0.1) is 0 Å². The zero-order valence-electron chi connectivity index (χ0n) is 7.82. The van der Waals surface area contributed by atoms with Gasteiger partial charge >= 0.3 is 0 Å². The molecule has 1 aliphatic rings. The minimum Gasteiger partial charge on any atom is -0.0843 e. The molecule has 0 bridgehead atoms. The van der Waals surface area contributed by atoms with E-state index in [4.69, 9.17) is 11.6 Å². The second kappa shape index (κ2) is 2.99. The fraction of sp³-hybridized carbons (Fsp3) is 0.455. The van der Waals surface area contributed by atoms with Gasteiger partial charge in [-0.3, -0.25) is 0 Å². The molecule has 0 unspecified atom stereocenters. The molecule has 1 aromatic rings. The lowest BCUT2D eigenvalue weighted by atomic mass is 9.87. The monoisotopic (exact) mass is 258 g/mol. The lowest BCUT2D eigenvalue weighted by Crippen LogP contribution is -2.11. The third-order valence-electron chi connectivity index (χ3n) is 2.89. The largest absolute Gasteiger partial charge is 0.0843 e. The van der Waals surface area contributed by atoms with Crippen molar-refractivity contribution in [2.75, 3.05) is 0 Å². The summed E-state index contributed by atoms with van der Waals surface area (Å²) in [4.78, 5) is 0. The van der Waals surface area contributed by atoms with Gasteiger partial charge in [0, 0.05) is 9.50 Å². The molecule has 13 heavy (non-hydrogen) atoms. The first kappa shape index (κ1) is 9.54. The molecular weight excluding hydrogens is 247 g/mol. The van der Waals surface area contributed by atoms with E-state index in [0.717, 1.165) is 5.02 Å². The molecule has 0 fully saturated rings. The molecule has 0 saturated carbocycles. The fourth-order valence-electron chi connectivity index (χ4n) is 2.03. The van der Waals surface area contributed by atoms with Gasteiger partial charge in [0.1, 0.15) is 0 Å². The molecule has 1 aliphatic carbocycles. The summed E-state index contributed by atoms with van der Waals surface area (Å²) >= 11 is 9.59. The van der Waals surface area contributed by atoms with Crippen LogP contribution in [0.15, 0.2) is 16.6 Å². The van der Waals surface area contributed by atoms with Crippen molar-refractivity contribution in [3.63, 3.8) is 0 Å². The Morgan fingerprint density at radius 3 is 2.77 bits per heavy atom. The molecular formula is C11H12BrCl. The Morgan fingerprint density at radius 1 is 1.38 bits per heavy atom. The molecule has 0 aromatic heterocycles. The van der Waals surface area contributed by atoms with Crippen LogP contribution in [0.5, 0.6) is 0 Å². The van der Waals surface area contributed by atoms with Crippen LogP contribution in [0.25, 0.3) is 0 Å². The minimum absolute atomic E-state index is 0.294. The second-order valence-electron chi connectivity index (χ2n) is 4.30. The molecule has 0 atom stereocenters. The van der Waals surface area contributed by atoms with Crippen molar-refractivity contribution in [3.05, 3.63) is 32.8 Å². The van der Waals surface area contributed by atoms with Crippen LogP contribution in [0.1, 0.15) is 31.4 Å². The molecule has 0 amide bonds. The Balaban J connectivity index is 2.65. The molecule has 0 saturated heterocycles. The van der Waals surface area contributed by atoms with E-state index in [-0.39, 0.29) is 0 Å².